The summed E-state index contributed by atoms with van der Waals surface area (Å²) in [5.74, 6) is 2.51. The van der Waals surface area contributed by atoms with Gasteiger partial charge in [0, 0.05) is 39.2 Å². The quantitative estimate of drug-likeness (QED) is 0.291. The maximum absolute atomic E-state index is 5.22. The summed E-state index contributed by atoms with van der Waals surface area (Å²) in [6.07, 6.45) is 3.43. The van der Waals surface area contributed by atoms with Crippen LogP contribution < -0.4 is 10.6 Å². The number of aromatic nitrogens is 4. The first-order valence-electron chi connectivity index (χ1n) is 7.84. The zero-order valence-electron chi connectivity index (χ0n) is 14.6. The van der Waals surface area contributed by atoms with Gasteiger partial charge in [0.25, 0.3) is 0 Å². The molecule has 0 fully saturated rings. The van der Waals surface area contributed by atoms with Crippen LogP contribution in [0, 0.1) is 0 Å². The zero-order valence-corrected chi connectivity index (χ0v) is 16.9. The second kappa shape index (κ2) is 10.3. The van der Waals surface area contributed by atoms with E-state index in [1.54, 1.807) is 13.2 Å². The molecule has 134 valence electrons. The predicted octanol–water partition coefficient (Wildman–Crippen LogP) is 1.84. The van der Waals surface area contributed by atoms with Crippen molar-refractivity contribution in [2.24, 2.45) is 12.0 Å². The maximum atomic E-state index is 5.22. The number of aryl methyl sites for hydroxylation is 2. The number of hydrogen-bond donors (Lipinski definition) is 2. The van der Waals surface area contributed by atoms with Gasteiger partial charge >= 0.3 is 0 Å². The van der Waals surface area contributed by atoms with Gasteiger partial charge in [-0.05, 0) is 12.5 Å². The highest BCUT2D eigenvalue weighted by molar-refractivity contribution is 14.0. The van der Waals surface area contributed by atoms with Crippen molar-refractivity contribution in [3.63, 3.8) is 0 Å². The van der Waals surface area contributed by atoms with Gasteiger partial charge in [-0.3, -0.25) is 9.67 Å². The van der Waals surface area contributed by atoms with E-state index in [0.717, 1.165) is 36.9 Å². The molecule has 0 spiro atoms. The van der Waals surface area contributed by atoms with Crippen LogP contribution in [0.5, 0.6) is 0 Å². The Morgan fingerprint density at radius 3 is 2.75 bits per heavy atom. The molecule has 0 unspecified atom stereocenters. The Morgan fingerprint density at radius 2 is 2.17 bits per heavy atom. The molecule has 2 aromatic rings. The predicted molar refractivity (Wildman–Crippen MR) is 104 cm³/mol. The second-order valence-corrected chi connectivity index (χ2v) is 5.60. The third-order valence-electron chi connectivity index (χ3n) is 3.44. The molecule has 0 amide bonds. The summed E-state index contributed by atoms with van der Waals surface area (Å²) in [4.78, 5) is 8.57. The number of aliphatic imine (C=N–C) groups is 1. The van der Waals surface area contributed by atoms with Gasteiger partial charge in [-0.25, -0.2) is 0 Å². The standard InChI is InChI=1S/C15H25N7O.HI/c1-11(2)14-20-13(23-21-14)6-5-8-17-15(16-3)18-10-12-7-9-19-22(12)4;/h7,9,11H,5-6,8,10H2,1-4H3,(H2,16,17,18);1H. The average molecular weight is 447 g/mol. The molecule has 0 bridgehead atoms. The van der Waals surface area contributed by atoms with Crippen LogP contribution in [0.3, 0.4) is 0 Å². The van der Waals surface area contributed by atoms with Crippen molar-refractivity contribution in [1.29, 1.82) is 0 Å². The minimum atomic E-state index is 0. The fraction of sp³-hybridized carbons (Fsp3) is 0.600. The first-order valence-corrected chi connectivity index (χ1v) is 7.84. The summed E-state index contributed by atoms with van der Waals surface area (Å²) in [6, 6.07) is 1.97. The maximum Gasteiger partial charge on any atom is 0.226 e. The summed E-state index contributed by atoms with van der Waals surface area (Å²) in [5, 5.41) is 14.6. The molecule has 0 saturated carbocycles. The molecule has 8 nitrogen and oxygen atoms in total. The molecule has 0 aromatic carbocycles. The molecule has 24 heavy (non-hydrogen) atoms. The minimum Gasteiger partial charge on any atom is -0.356 e. The molecule has 0 saturated heterocycles. The lowest BCUT2D eigenvalue weighted by molar-refractivity contribution is 0.368. The van der Waals surface area contributed by atoms with Crippen LogP contribution in [0.2, 0.25) is 0 Å². The highest BCUT2D eigenvalue weighted by atomic mass is 127. The fourth-order valence-corrected chi connectivity index (χ4v) is 2.02. The van der Waals surface area contributed by atoms with Gasteiger partial charge in [-0.2, -0.15) is 10.1 Å². The Hall–Kier alpha value is -1.65. The molecule has 2 rings (SSSR count). The third kappa shape index (κ3) is 6.10. The Kier molecular flexibility index (Phi) is 8.72. The number of rotatable bonds is 7. The third-order valence-corrected chi connectivity index (χ3v) is 3.44. The summed E-state index contributed by atoms with van der Waals surface area (Å²) in [6.45, 7) is 5.56. The van der Waals surface area contributed by atoms with Gasteiger partial charge in [0.15, 0.2) is 11.8 Å². The number of nitrogens with zero attached hydrogens (tertiary/aromatic N) is 5. The smallest absolute Gasteiger partial charge is 0.226 e. The van der Waals surface area contributed by atoms with Crippen LogP contribution in [-0.4, -0.2) is 39.5 Å². The van der Waals surface area contributed by atoms with Gasteiger partial charge in [-0.15, -0.1) is 24.0 Å². The zero-order chi connectivity index (χ0) is 16.7. The van der Waals surface area contributed by atoms with Crippen LogP contribution in [0.4, 0.5) is 0 Å². The Morgan fingerprint density at radius 1 is 1.38 bits per heavy atom. The normalized spacial score (nSPS) is 11.5. The van der Waals surface area contributed by atoms with Gasteiger partial charge in [0.1, 0.15) is 0 Å². The molecule has 2 heterocycles. The van der Waals surface area contributed by atoms with E-state index < -0.39 is 0 Å². The summed E-state index contributed by atoms with van der Waals surface area (Å²) < 4.78 is 7.06. The van der Waals surface area contributed by atoms with Crippen LogP contribution in [0.15, 0.2) is 21.8 Å². The second-order valence-electron chi connectivity index (χ2n) is 5.60. The molecule has 0 aliphatic heterocycles. The van der Waals surface area contributed by atoms with Crippen molar-refractivity contribution in [1.82, 2.24) is 30.6 Å². The molecule has 2 aromatic heterocycles. The Labute approximate surface area is 159 Å². The van der Waals surface area contributed by atoms with Crippen molar-refractivity contribution in [3.05, 3.63) is 29.7 Å². The van der Waals surface area contributed by atoms with E-state index in [-0.39, 0.29) is 24.0 Å². The van der Waals surface area contributed by atoms with E-state index >= 15 is 0 Å². The number of halogens is 1. The highest BCUT2D eigenvalue weighted by Crippen LogP contribution is 2.10. The number of nitrogens with one attached hydrogen (secondary N) is 2. The topological polar surface area (TPSA) is 93.2 Å². The lowest BCUT2D eigenvalue weighted by atomic mass is 10.2. The molecule has 0 atom stereocenters. The number of hydrogen-bond acceptors (Lipinski definition) is 5. The van der Waals surface area contributed by atoms with Gasteiger partial charge in [0.2, 0.25) is 5.89 Å². The number of guanidine groups is 1. The van der Waals surface area contributed by atoms with E-state index in [0.29, 0.717) is 18.4 Å². The van der Waals surface area contributed by atoms with Gasteiger partial charge in [0.05, 0.1) is 12.2 Å². The lowest BCUT2D eigenvalue weighted by Gasteiger charge is -2.11. The van der Waals surface area contributed by atoms with Crippen molar-refractivity contribution >= 4 is 29.9 Å². The van der Waals surface area contributed by atoms with Crippen molar-refractivity contribution in [2.75, 3.05) is 13.6 Å². The highest BCUT2D eigenvalue weighted by Gasteiger charge is 2.09. The van der Waals surface area contributed by atoms with Crippen LogP contribution >= 0.6 is 24.0 Å². The molecule has 0 aliphatic rings. The van der Waals surface area contributed by atoms with Gasteiger partial charge in [-0.1, -0.05) is 19.0 Å². The first-order chi connectivity index (χ1) is 11.1. The summed E-state index contributed by atoms with van der Waals surface area (Å²) in [7, 11) is 3.68. The van der Waals surface area contributed by atoms with Crippen LogP contribution in [0.25, 0.3) is 0 Å². The Balaban J connectivity index is 0.00000288. The molecule has 2 N–H and O–H groups in total. The molecule has 0 radical (unpaired) electrons. The monoisotopic (exact) mass is 447 g/mol. The Bertz CT molecular complexity index is 635. The van der Waals surface area contributed by atoms with Crippen LogP contribution in [0.1, 0.15) is 43.6 Å². The molecule has 0 aliphatic carbocycles. The van der Waals surface area contributed by atoms with E-state index in [1.165, 1.54) is 0 Å². The fourth-order valence-electron chi connectivity index (χ4n) is 2.02. The largest absolute Gasteiger partial charge is 0.356 e. The van der Waals surface area contributed by atoms with Crippen molar-refractivity contribution in [3.8, 4) is 0 Å². The van der Waals surface area contributed by atoms with Gasteiger partial charge < -0.3 is 15.2 Å². The summed E-state index contributed by atoms with van der Waals surface area (Å²) >= 11 is 0. The van der Waals surface area contributed by atoms with E-state index in [4.69, 9.17) is 4.52 Å². The van der Waals surface area contributed by atoms with E-state index in [2.05, 4.69) is 30.9 Å². The molecular weight excluding hydrogens is 421 g/mol. The molecular formula is C15H26IN7O. The van der Waals surface area contributed by atoms with E-state index in [1.807, 2.05) is 31.6 Å². The first kappa shape index (κ1) is 20.4. The minimum absolute atomic E-state index is 0. The van der Waals surface area contributed by atoms with Crippen molar-refractivity contribution in [2.45, 2.75) is 39.2 Å². The lowest BCUT2D eigenvalue weighted by Crippen LogP contribution is -2.37. The van der Waals surface area contributed by atoms with E-state index in [9.17, 15) is 0 Å². The SMILES string of the molecule is CN=C(NCCCc1nc(C(C)C)no1)NCc1ccnn1C.I. The summed E-state index contributed by atoms with van der Waals surface area (Å²) in [5.41, 5.74) is 1.10. The van der Waals surface area contributed by atoms with Crippen LogP contribution in [-0.2, 0) is 20.0 Å². The molecule has 9 heteroatoms. The van der Waals surface area contributed by atoms with Crippen molar-refractivity contribution < 1.29 is 4.52 Å². The average Bonchev–Trinajstić information content (AvgIpc) is 3.16.